The number of benzene rings is 1. The molecule has 1 fully saturated rings. The van der Waals surface area contributed by atoms with Crippen LogP contribution < -0.4 is 0 Å². The molecule has 1 N–H and O–H groups in total. The van der Waals surface area contributed by atoms with Crippen molar-refractivity contribution in [3.63, 3.8) is 0 Å². The molecular weight excluding hydrogens is 256 g/mol. The zero-order chi connectivity index (χ0) is 14.0. The number of aliphatic carboxylic acids is 1. The summed E-state index contributed by atoms with van der Waals surface area (Å²) in [6, 6.07) is 6.33. The van der Waals surface area contributed by atoms with Gasteiger partial charge in [-0.3, -0.25) is 9.59 Å². The summed E-state index contributed by atoms with van der Waals surface area (Å²) >= 11 is 0. The van der Waals surface area contributed by atoms with E-state index >= 15 is 0 Å². The van der Waals surface area contributed by atoms with Crippen LogP contribution in [0.2, 0.25) is 0 Å². The zero-order valence-electron chi connectivity index (χ0n) is 10.1. The van der Waals surface area contributed by atoms with Crippen molar-refractivity contribution < 1.29 is 23.5 Å². The largest absolute Gasteiger partial charge is 0.480 e. The van der Waals surface area contributed by atoms with Crippen molar-refractivity contribution in [2.75, 3.05) is 6.54 Å². The molecule has 0 unspecified atom stereocenters. The van der Waals surface area contributed by atoms with E-state index in [9.17, 15) is 18.4 Å². The van der Waals surface area contributed by atoms with Gasteiger partial charge in [-0.25, -0.2) is 0 Å². The van der Waals surface area contributed by atoms with Crippen LogP contribution in [-0.4, -0.2) is 34.5 Å². The Morgan fingerprint density at radius 2 is 1.84 bits per heavy atom. The molecule has 0 atom stereocenters. The van der Waals surface area contributed by atoms with Gasteiger partial charge in [-0.2, -0.15) is 8.78 Å². The summed E-state index contributed by atoms with van der Waals surface area (Å²) in [5.41, 5.74) is -0.420. The maximum Gasteiger partial charge on any atom is 0.349 e. The Kier molecular flexibility index (Phi) is 3.50. The number of carbonyl (C=O) groups excluding carboxylic acids is 1. The topological polar surface area (TPSA) is 57.6 Å². The van der Waals surface area contributed by atoms with Crippen LogP contribution in [0.1, 0.15) is 18.4 Å². The van der Waals surface area contributed by atoms with Gasteiger partial charge in [-0.15, -0.1) is 0 Å². The Bertz CT molecular complexity index is 486. The smallest absolute Gasteiger partial charge is 0.349 e. The summed E-state index contributed by atoms with van der Waals surface area (Å²) in [7, 11) is 0. The van der Waals surface area contributed by atoms with Gasteiger partial charge in [0.25, 0.3) is 5.91 Å². The quantitative estimate of drug-likeness (QED) is 0.887. The van der Waals surface area contributed by atoms with Gasteiger partial charge in [-0.05, 0) is 12.8 Å². The van der Waals surface area contributed by atoms with Crippen LogP contribution in [0, 0.1) is 0 Å². The average molecular weight is 269 g/mol. The molecule has 1 aromatic rings. The molecule has 1 aliphatic carbocycles. The molecule has 0 bridgehead atoms. The van der Waals surface area contributed by atoms with Crippen molar-refractivity contribution in [1.82, 2.24) is 4.90 Å². The Morgan fingerprint density at radius 3 is 2.32 bits per heavy atom. The second-order valence-corrected chi connectivity index (χ2v) is 4.50. The predicted molar refractivity (Wildman–Crippen MR) is 62.7 cm³/mol. The first kappa shape index (κ1) is 13.5. The fraction of sp³-hybridized carbons (Fsp3) is 0.385. The molecule has 6 heteroatoms. The number of carbonyl (C=O) groups is 2. The lowest BCUT2D eigenvalue weighted by molar-refractivity contribution is -0.163. The molecule has 0 saturated heterocycles. The maximum atomic E-state index is 14.1. The van der Waals surface area contributed by atoms with Crippen molar-refractivity contribution in [3.8, 4) is 0 Å². The minimum Gasteiger partial charge on any atom is -0.480 e. The normalized spacial score (nSPS) is 15.1. The molecular formula is C13H13F2NO3. The van der Waals surface area contributed by atoms with Gasteiger partial charge in [0.15, 0.2) is 0 Å². The van der Waals surface area contributed by atoms with Crippen LogP contribution in [0.15, 0.2) is 30.3 Å². The van der Waals surface area contributed by atoms with Crippen LogP contribution >= 0.6 is 0 Å². The van der Waals surface area contributed by atoms with Gasteiger partial charge in [0.2, 0.25) is 0 Å². The van der Waals surface area contributed by atoms with Gasteiger partial charge in [0.05, 0.1) is 0 Å². The molecule has 0 heterocycles. The Hall–Kier alpha value is -1.98. The van der Waals surface area contributed by atoms with Gasteiger partial charge < -0.3 is 10.0 Å². The lowest BCUT2D eigenvalue weighted by Gasteiger charge is -2.25. The SMILES string of the molecule is O=C(O)CN(C(=O)C(F)(F)c1ccccc1)C1CC1. The summed E-state index contributed by atoms with van der Waals surface area (Å²) < 4.78 is 28.1. The third-order valence-electron chi connectivity index (χ3n) is 2.96. The van der Waals surface area contributed by atoms with E-state index in [0.29, 0.717) is 12.8 Å². The number of carboxylic acids is 1. The van der Waals surface area contributed by atoms with E-state index in [1.807, 2.05) is 0 Å². The van der Waals surface area contributed by atoms with E-state index in [4.69, 9.17) is 5.11 Å². The Morgan fingerprint density at radius 1 is 1.26 bits per heavy atom. The highest BCUT2D eigenvalue weighted by atomic mass is 19.3. The molecule has 1 saturated carbocycles. The standard InChI is InChI=1S/C13H13F2NO3/c14-13(15,9-4-2-1-3-5-9)12(19)16(8-11(17)18)10-6-7-10/h1-5,10H,6-8H2,(H,17,18). The van der Waals surface area contributed by atoms with Crippen molar-refractivity contribution in [3.05, 3.63) is 35.9 Å². The molecule has 0 aromatic heterocycles. The van der Waals surface area contributed by atoms with Crippen molar-refractivity contribution >= 4 is 11.9 Å². The molecule has 4 nitrogen and oxygen atoms in total. The first-order chi connectivity index (χ1) is 8.93. The molecule has 2 rings (SSSR count). The maximum absolute atomic E-state index is 14.1. The Labute approximate surface area is 108 Å². The van der Waals surface area contributed by atoms with Crippen LogP contribution in [0.5, 0.6) is 0 Å². The molecule has 0 aliphatic heterocycles. The van der Waals surface area contributed by atoms with Gasteiger partial charge in [0, 0.05) is 11.6 Å². The zero-order valence-corrected chi connectivity index (χ0v) is 10.1. The third-order valence-corrected chi connectivity index (χ3v) is 2.96. The van der Waals surface area contributed by atoms with Crippen LogP contribution in [0.4, 0.5) is 8.78 Å². The molecule has 0 radical (unpaired) electrons. The van der Waals surface area contributed by atoms with Gasteiger partial charge in [-0.1, -0.05) is 30.3 Å². The molecule has 1 amide bonds. The number of hydrogen-bond donors (Lipinski definition) is 1. The van der Waals surface area contributed by atoms with Gasteiger partial charge >= 0.3 is 11.9 Å². The molecule has 102 valence electrons. The summed E-state index contributed by atoms with van der Waals surface area (Å²) in [5, 5.41) is 8.71. The first-order valence-corrected chi connectivity index (χ1v) is 5.89. The van der Waals surface area contributed by atoms with Crippen LogP contribution in [-0.2, 0) is 15.5 Å². The van der Waals surface area contributed by atoms with E-state index in [0.717, 1.165) is 17.0 Å². The highest BCUT2D eigenvalue weighted by Gasteiger charge is 2.48. The number of halogens is 2. The number of rotatable bonds is 5. The second kappa shape index (κ2) is 4.95. The fourth-order valence-corrected chi connectivity index (χ4v) is 1.85. The number of hydrogen-bond acceptors (Lipinski definition) is 2. The monoisotopic (exact) mass is 269 g/mol. The van der Waals surface area contributed by atoms with Crippen molar-refractivity contribution in [2.24, 2.45) is 0 Å². The van der Waals surface area contributed by atoms with Gasteiger partial charge in [0.1, 0.15) is 6.54 Å². The van der Waals surface area contributed by atoms with Crippen LogP contribution in [0.3, 0.4) is 0 Å². The number of amides is 1. The third kappa shape index (κ3) is 2.89. The fourth-order valence-electron chi connectivity index (χ4n) is 1.85. The molecule has 1 aromatic carbocycles. The van der Waals surface area contributed by atoms with E-state index in [1.165, 1.54) is 12.1 Å². The lowest BCUT2D eigenvalue weighted by Crippen LogP contribution is -2.45. The highest BCUT2D eigenvalue weighted by molar-refractivity contribution is 5.88. The Balaban J connectivity index is 2.23. The second-order valence-electron chi connectivity index (χ2n) is 4.50. The molecule has 1 aliphatic rings. The summed E-state index contributed by atoms with van der Waals surface area (Å²) in [4.78, 5) is 23.3. The number of carboxylic acid groups (broad SMARTS) is 1. The molecule has 0 spiro atoms. The summed E-state index contributed by atoms with van der Waals surface area (Å²) in [5.74, 6) is -6.42. The minimum atomic E-state index is -3.70. The lowest BCUT2D eigenvalue weighted by atomic mass is 10.1. The van der Waals surface area contributed by atoms with E-state index in [1.54, 1.807) is 6.07 Å². The molecule has 19 heavy (non-hydrogen) atoms. The van der Waals surface area contributed by atoms with Crippen molar-refractivity contribution in [2.45, 2.75) is 24.8 Å². The van der Waals surface area contributed by atoms with E-state index in [-0.39, 0.29) is 6.04 Å². The van der Waals surface area contributed by atoms with Crippen molar-refractivity contribution in [1.29, 1.82) is 0 Å². The summed E-state index contributed by atoms with van der Waals surface area (Å²) in [6.45, 7) is -0.689. The first-order valence-electron chi connectivity index (χ1n) is 5.89. The van der Waals surface area contributed by atoms with E-state index < -0.39 is 29.9 Å². The number of nitrogens with zero attached hydrogens (tertiary/aromatic N) is 1. The highest BCUT2D eigenvalue weighted by Crippen LogP contribution is 2.35. The minimum absolute atomic E-state index is 0.377. The average Bonchev–Trinajstić information content (AvgIpc) is 3.20. The predicted octanol–water partition coefficient (Wildman–Crippen LogP) is 1.85. The van der Waals surface area contributed by atoms with Crippen LogP contribution in [0.25, 0.3) is 0 Å². The number of alkyl halides is 2. The summed E-state index contributed by atoms with van der Waals surface area (Å²) in [6.07, 6.45) is 1.15. The van der Waals surface area contributed by atoms with E-state index in [2.05, 4.69) is 0 Å².